The second-order valence-electron chi connectivity index (χ2n) is 7.98. The minimum atomic E-state index is -4.11. The predicted octanol–water partition coefficient (Wildman–Crippen LogP) is 4.78. The van der Waals surface area contributed by atoms with E-state index in [2.05, 4.69) is 0 Å². The van der Waals surface area contributed by atoms with Gasteiger partial charge in [0.25, 0.3) is 5.69 Å². The van der Waals surface area contributed by atoms with E-state index < -0.39 is 20.9 Å². The Morgan fingerprint density at radius 1 is 1.06 bits per heavy atom. The molecule has 0 atom stereocenters. The smallest absolute Gasteiger partial charge is 0.372 e. The van der Waals surface area contributed by atoms with Gasteiger partial charge in [0.1, 0.15) is 5.58 Å². The van der Waals surface area contributed by atoms with E-state index in [4.69, 9.17) is 4.42 Å². The average Bonchev–Trinajstić information content (AvgIpc) is 3.18. The molecular weight excluding hydrogens is 472 g/mol. The number of furan rings is 1. The van der Waals surface area contributed by atoms with Crippen molar-refractivity contribution < 1.29 is 27.7 Å². The van der Waals surface area contributed by atoms with Crippen LogP contribution in [-0.2, 0) is 23.0 Å². The molecule has 10 heteroatoms. The number of carbonyl (C=O) groups is 1. The number of hydrogen-bond donors (Lipinski definition) is 1. The highest BCUT2D eigenvalue weighted by Gasteiger charge is 2.28. The molecule has 0 fully saturated rings. The molecule has 4 aromatic rings. The van der Waals surface area contributed by atoms with Crippen LogP contribution in [0.4, 0.5) is 5.69 Å². The number of fused-ring (bicyclic) bond motifs is 1. The number of benzene rings is 3. The van der Waals surface area contributed by atoms with Crippen LogP contribution in [-0.4, -0.2) is 35.3 Å². The van der Waals surface area contributed by atoms with E-state index in [1.807, 2.05) is 30.3 Å². The highest BCUT2D eigenvalue weighted by Crippen LogP contribution is 2.30. The third-order valence-electron chi connectivity index (χ3n) is 5.77. The largest absolute Gasteiger partial charge is 0.475 e. The van der Waals surface area contributed by atoms with Gasteiger partial charge in [-0.05, 0) is 37.1 Å². The maximum Gasteiger partial charge on any atom is 0.372 e. The van der Waals surface area contributed by atoms with Crippen LogP contribution in [0.2, 0.25) is 0 Å². The third kappa shape index (κ3) is 4.93. The van der Waals surface area contributed by atoms with Crippen LogP contribution < -0.4 is 0 Å². The van der Waals surface area contributed by atoms with Gasteiger partial charge in [-0.25, -0.2) is 13.2 Å². The lowest BCUT2D eigenvalue weighted by molar-refractivity contribution is -0.385. The zero-order valence-corrected chi connectivity index (χ0v) is 19.6. The molecule has 0 unspecified atom stereocenters. The monoisotopic (exact) mass is 494 g/mol. The first kappa shape index (κ1) is 24.1. The Morgan fingerprint density at radius 3 is 2.43 bits per heavy atom. The Kier molecular flexibility index (Phi) is 6.68. The van der Waals surface area contributed by atoms with E-state index in [1.54, 1.807) is 13.0 Å². The van der Waals surface area contributed by atoms with Gasteiger partial charge < -0.3 is 9.52 Å². The van der Waals surface area contributed by atoms with Crippen LogP contribution in [0.3, 0.4) is 0 Å². The fraction of sp³-hybridized carbons (Fsp3) is 0.160. The van der Waals surface area contributed by atoms with Crippen molar-refractivity contribution in [2.75, 3.05) is 6.54 Å². The quantitative estimate of drug-likeness (QED) is 0.262. The number of rotatable bonds is 9. The van der Waals surface area contributed by atoms with Crippen LogP contribution in [0.1, 0.15) is 27.2 Å². The molecule has 0 aliphatic rings. The lowest BCUT2D eigenvalue weighted by Gasteiger charge is -2.22. The van der Waals surface area contributed by atoms with Crippen LogP contribution in [0.25, 0.3) is 11.0 Å². The summed E-state index contributed by atoms with van der Waals surface area (Å²) in [4.78, 5) is 22.3. The number of aryl methyl sites for hydroxylation is 1. The molecule has 1 heterocycles. The maximum absolute atomic E-state index is 13.7. The topological polar surface area (TPSA) is 131 Å². The second kappa shape index (κ2) is 9.69. The SMILES string of the molecule is Cc1c(C(=O)O)oc2ccc(S(=O)(=O)N(CCc3ccccc3)Cc3ccccc3[N+](=O)[O-])cc12. The zero-order chi connectivity index (χ0) is 25.2. The standard InChI is InChI=1S/C25H22N2O7S/c1-17-21-15-20(11-12-23(21)34-24(17)25(28)29)35(32,33)26(14-13-18-7-3-2-4-8-18)16-19-9-5-6-10-22(19)27(30)31/h2-12,15H,13-14,16H2,1H3,(H,28,29). The van der Waals surface area contributed by atoms with E-state index >= 15 is 0 Å². The first-order chi connectivity index (χ1) is 16.7. The Balaban J connectivity index is 1.75. The molecule has 0 saturated carbocycles. The number of aromatic carboxylic acids is 1. The summed E-state index contributed by atoms with van der Waals surface area (Å²) in [6, 6.07) is 19.5. The lowest BCUT2D eigenvalue weighted by Crippen LogP contribution is -2.32. The van der Waals surface area contributed by atoms with Gasteiger partial charge in [-0.3, -0.25) is 10.1 Å². The Hall–Kier alpha value is -4.02. The molecule has 1 aromatic heterocycles. The fourth-order valence-electron chi connectivity index (χ4n) is 3.91. The van der Waals surface area contributed by atoms with Gasteiger partial charge >= 0.3 is 5.97 Å². The number of sulfonamides is 1. The van der Waals surface area contributed by atoms with E-state index in [0.717, 1.165) is 5.56 Å². The van der Waals surface area contributed by atoms with Gasteiger partial charge in [-0.1, -0.05) is 48.5 Å². The van der Waals surface area contributed by atoms with Crippen LogP contribution >= 0.6 is 0 Å². The summed E-state index contributed by atoms with van der Waals surface area (Å²) in [5.41, 5.74) is 1.59. The van der Waals surface area contributed by atoms with Crippen molar-refractivity contribution in [1.29, 1.82) is 0 Å². The van der Waals surface area contributed by atoms with Gasteiger partial charge in [0.15, 0.2) is 0 Å². The van der Waals surface area contributed by atoms with Crippen molar-refractivity contribution in [3.8, 4) is 0 Å². The van der Waals surface area contributed by atoms with Crippen molar-refractivity contribution in [2.24, 2.45) is 0 Å². The van der Waals surface area contributed by atoms with Gasteiger partial charge in [-0.15, -0.1) is 0 Å². The fourth-order valence-corrected chi connectivity index (χ4v) is 5.35. The van der Waals surface area contributed by atoms with Gasteiger partial charge in [0.2, 0.25) is 15.8 Å². The number of nitro groups is 1. The minimum absolute atomic E-state index is 0.0579. The normalized spacial score (nSPS) is 11.7. The summed E-state index contributed by atoms with van der Waals surface area (Å²) < 4.78 is 34.0. The van der Waals surface area contributed by atoms with Crippen LogP contribution in [0.15, 0.2) is 82.1 Å². The van der Waals surface area contributed by atoms with Crippen molar-refractivity contribution in [3.63, 3.8) is 0 Å². The first-order valence-electron chi connectivity index (χ1n) is 10.7. The molecule has 0 bridgehead atoms. The van der Waals surface area contributed by atoms with E-state index in [1.165, 1.54) is 40.7 Å². The van der Waals surface area contributed by atoms with Crippen LogP contribution in [0.5, 0.6) is 0 Å². The number of carboxylic acid groups (broad SMARTS) is 1. The highest BCUT2D eigenvalue weighted by atomic mass is 32.2. The Bertz CT molecular complexity index is 1510. The third-order valence-corrected chi connectivity index (χ3v) is 7.61. The molecular formula is C25H22N2O7S. The summed E-state index contributed by atoms with van der Waals surface area (Å²) in [6.45, 7) is 1.43. The van der Waals surface area contributed by atoms with Gasteiger partial charge in [-0.2, -0.15) is 4.31 Å². The molecule has 4 rings (SSSR count). The predicted molar refractivity (Wildman–Crippen MR) is 129 cm³/mol. The van der Waals surface area contributed by atoms with Crippen molar-refractivity contribution in [2.45, 2.75) is 24.8 Å². The molecule has 0 spiro atoms. The summed E-state index contributed by atoms with van der Waals surface area (Å²) in [5, 5.41) is 21.2. The summed E-state index contributed by atoms with van der Waals surface area (Å²) >= 11 is 0. The van der Waals surface area contributed by atoms with E-state index in [9.17, 15) is 28.4 Å². The Labute approximate surface area is 201 Å². The van der Waals surface area contributed by atoms with Crippen molar-refractivity contribution >= 4 is 32.6 Å². The molecule has 0 aliphatic carbocycles. The highest BCUT2D eigenvalue weighted by molar-refractivity contribution is 7.89. The number of carboxylic acids is 1. The average molecular weight is 495 g/mol. The summed E-state index contributed by atoms with van der Waals surface area (Å²) in [6.07, 6.45) is 0.400. The number of nitro benzene ring substituents is 1. The molecule has 180 valence electrons. The number of hydrogen-bond acceptors (Lipinski definition) is 6. The summed E-state index contributed by atoms with van der Waals surface area (Å²) in [5.74, 6) is -1.50. The zero-order valence-electron chi connectivity index (χ0n) is 18.7. The molecule has 1 N–H and O–H groups in total. The number of nitrogens with zero attached hydrogens (tertiary/aromatic N) is 2. The molecule has 9 nitrogen and oxygen atoms in total. The van der Waals surface area contributed by atoms with E-state index in [0.29, 0.717) is 17.4 Å². The van der Waals surface area contributed by atoms with Crippen molar-refractivity contribution in [1.82, 2.24) is 4.31 Å². The molecule has 35 heavy (non-hydrogen) atoms. The molecule has 0 saturated heterocycles. The van der Waals surface area contributed by atoms with Crippen molar-refractivity contribution in [3.05, 3.63) is 105 Å². The molecule has 3 aromatic carbocycles. The molecule has 0 amide bonds. The van der Waals surface area contributed by atoms with Crippen LogP contribution in [0, 0.1) is 17.0 Å². The Morgan fingerprint density at radius 2 is 1.74 bits per heavy atom. The second-order valence-corrected chi connectivity index (χ2v) is 9.92. The first-order valence-corrected chi connectivity index (χ1v) is 12.2. The number of para-hydroxylation sites is 1. The minimum Gasteiger partial charge on any atom is -0.475 e. The van der Waals surface area contributed by atoms with E-state index in [-0.39, 0.29) is 40.6 Å². The lowest BCUT2D eigenvalue weighted by atomic mass is 10.1. The molecule has 0 aliphatic heterocycles. The van der Waals surface area contributed by atoms with Gasteiger partial charge in [0.05, 0.1) is 9.82 Å². The molecule has 0 radical (unpaired) electrons. The van der Waals surface area contributed by atoms with Gasteiger partial charge in [0, 0.05) is 35.7 Å². The summed E-state index contributed by atoms with van der Waals surface area (Å²) in [7, 11) is -4.11. The maximum atomic E-state index is 13.7.